The molecule has 14 heavy (non-hydrogen) atoms. The van der Waals surface area contributed by atoms with Crippen LogP contribution < -0.4 is 9.80 Å². The minimum atomic E-state index is 0.375. The third-order valence-corrected chi connectivity index (χ3v) is 3.13. The van der Waals surface area contributed by atoms with Crippen LogP contribution in [0.15, 0.2) is 18.3 Å². The fourth-order valence-electron chi connectivity index (χ4n) is 2.46. The Hall–Kier alpha value is -1.29. The summed E-state index contributed by atoms with van der Waals surface area (Å²) in [6.45, 7) is 2.19. The Bertz CT molecular complexity index is 365. The molecule has 2 aliphatic heterocycles. The first-order valence-electron chi connectivity index (χ1n) is 4.94. The molecule has 0 saturated carbocycles. The van der Waals surface area contributed by atoms with Gasteiger partial charge in [-0.05, 0) is 19.2 Å². The van der Waals surface area contributed by atoms with Gasteiger partial charge in [-0.2, -0.15) is 0 Å². The van der Waals surface area contributed by atoms with E-state index in [9.17, 15) is 0 Å². The highest BCUT2D eigenvalue weighted by Gasteiger charge is 2.40. The van der Waals surface area contributed by atoms with Crippen LogP contribution in [0.2, 0.25) is 0 Å². The second-order valence-corrected chi connectivity index (χ2v) is 3.98. The fraction of sp³-hybridized carbons (Fsp3) is 0.500. The van der Waals surface area contributed by atoms with E-state index in [4.69, 9.17) is 0 Å². The van der Waals surface area contributed by atoms with Crippen molar-refractivity contribution in [3.05, 3.63) is 18.3 Å². The molecular weight excluding hydrogens is 176 g/mol. The number of fused-ring (bicyclic) bond motifs is 3. The number of hydrogen-bond acceptors (Lipinski definition) is 4. The average Bonchev–Trinajstić information content (AvgIpc) is 2.70. The van der Waals surface area contributed by atoms with Gasteiger partial charge < -0.3 is 9.80 Å². The Morgan fingerprint density at radius 2 is 2.21 bits per heavy atom. The van der Waals surface area contributed by atoms with Crippen LogP contribution in [0.4, 0.5) is 11.5 Å². The maximum atomic E-state index is 4.44. The van der Waals surface area contributed by atoms with E-state index in [1.165, 1.54) is 5.69 Å². The molecular formula is C10H14N4. The molecule has 0 bridgehead atoms. The van der Waals surface area contributed by atoms with E-state index in [1.807, 2.05) is 12.3 Å². The van der Waals surface area contributed by atoms with Crippen molar-refractivity contribution in [2.75, 3.05) is 37.0 Å². The van der Waals surface area contributed by atoms with Crippen molar-refractivity contribution in [2.24, 2.45) is 0 Å². The van der Waals surface area contributed by atoms with Gasteiger partial charge in [-0.15, -0.1) is 0 Å². The van der Waals surface area contributed by atoms with Crippen molar-refractivity contribution in [1.29, 1.82) is 0 Å². The second-order valence-electron chi connectivity index (χ2n) is 3.98. The largest absolute Gasteiger partial charge is 0.339 e. The van der Waals surface area contributed by atoms with Gasteiger partial charge in [0.25, 0.3) is 0 Å². The van der Waals surface area contributed by atoms with Gasteiger partial charge in [0.1, 0.15) is 0 Å². The highest BCUT2D eigenvalue weighted by atomic mass is 15.6. The molecule has 1 unspecified atom stereocenters. The van der Waals surface area contributed by atoms with E-state index < -0.39 is 0 Å². The molecule has 3 rings (SSSR count). The molecule has 0 aliphatic carbocycles. The topological polar surface area (TPSA) is 22.6 Å². The third-order valence-electron chi connectivity index (χ3n) is 3.13. The summed E-state index contributed by atoms with van der Waals surface area (Å²) in [6.07, 6.45) is 2.24. The van der Waals surface area contributed by atoms with Crippen LogP contribution in [-0.4, -0.2) is 43.4 Å². The van der Waals surface area contributed by atoms with Crippen molar-refractivity contribution in [3.63, 3.8) is 0 Å². The van der Waals surface area contributed by atoms with E-state index in [0.717, 1.165) is 18.9 Å². The molecule has 1 fully saturated rings. The second kappa shape index (κ2) is 2.60. The van der Waals surface area contributed by atoms with Crippen molar-refractivity contribution in [3.8, 4) is 0 Å². The predicted molar refractivity (Wildman–Crippen MR) is 56.4 cm³/mol. The summed E-state index contributed by atoms with van der Waals surface area (Å²) >= 11 is 0. The zero-order chi connectivity index (χ0) is 9.71. The highest BCUT2D eigenvalue weighted by molar-refractivity contribution is 5.73. The summed E-state index contributed by atoms with van der Waals surface area (Å²) in [5.74, 6) is 1.13. The van der Waals surface area contributed by atoms with Crippen LogP contribution in [0.1, 0.15) is 0 Å². The summed E-state index contributed by atoms with van der Waals surface area (Å²) in [6, 6.07) is 4.13. The van der Waals surface area contributed by atoms with Crippen LogP contribution in [0, 0.1) is 0 Å². The van der Waals surface area contributed by atoms with E-state index in [-0.39, 0.29) is 0 Å². The van der Waals surface area contributed by atoms with Gasteiger partial charge in [-0.3, -0.25) is 4.90 Å². The van der Waals surface area contributed by atoms with Crippen LogP contribution in [0.5, 0.6) is 0 Å². The summed E-state index contributed by atoms with van der Waals surface area (Å²) in [7, 11) is 4.29. The molecule has 0 spiro atoms. The van der Waals surface area contributed by atoms with Gasteiger partial charge in [0.05, 0.1) is 5.69 Å². The van der Waals surface area contributed by atoms with Gasteiger partial charge in [0.15, 0.2) is 12.1 Å². The molecule has 1 aromatic rings. The summed E-state index contributed by atoms with van der Waals surface area (Å²) in [4.78, 5) is 11.4. The van der Waals surface area contributed by atoms with Crippen molar-refractivity contribution >= 4 is 11.5 Å². The highest BCUT2D eigenvalue weighted by Crippen LogP contribution is 2.39. The van der Waals surface area contributed by atoms with Crippen molar-refractivity contribution in [1.82, 2.24) is 9.88 Å². The standard InChI is InChI=1S/C10H14N4/c1-12-6-7-14-9-8(4-3-5-11-9)13(2)10(12)14/h3-5,10H,6-7H2,1-2H3. The molecule has 0 N–H and O–H groups in total. The van der Waals surface area contributed by atoms with Crippen LogP contribution >= 0.6 is 0 Å². The smallest absolute Gasteiger partial charge is 0.161 e. The maximum Gasteiger partial charge on any atom is 0.161 e. The summed E-state index contributed by atoms with van der Waals surface area (Å²) in [5.41, 5.74) is 1.24. The number of nitrogens with zero attached hydrogens (tertiary/aromatic N) is 4. The molecule has 74 valence electrons. The van der Waals surface area contributed by atoms with E-state index >= 15 is 0 Å². The first-order chi connectivity index (χ1) is 6.79. The predicted octanol–water partition coefficient (Wildman–Crippen LogP) is 0.567. The van der Waals surface area contributed by atoms with E-state index in [0.29, 0.717) is 6.29 Å². The van der Waals surface area contributed by atoms with Crippen LogP contribution in [0.3, 0.4) is 0 Å². The number of hydrogen-bond donors (Lipinski definition) is 0. The fourth-order valence-corrected chi connectivity index (χ4v) is 2.46. The molecule has 2 aliphatic rings. The van der Waals surface area contributed by atoms with Crippen LogP contribution in [0.25, 0.3) is 0 Å². The van der Waals surface area contributed by atoms with Gasteiger partial charge in [0, 0.05) is 26.3 Å². The Labute approximate surface area is 83.7 Å². The lowest BCUT2D eigenvalue weighted by Gasteiger charge is -2.27. The number of likely N-dealkylation sites (N-methyl/N-ethyl adjacent to an activating group) is 1. The Kier molecular flexibility index (Phi) is 1.50. The minimum absolute atomic E-state index is 0.375. The lowest BCUT2D eigenvalue weighted by Crippen LogP contribution is -2.44. The van der Waals surface area contributed by atoms with Gasteiger partial charge in [-0.25, -0.2) is 4.98 Å². The minimum Gasteiger partial charge on any atom is -0.339 e. The Morgan fingerprint density at radius 1 is 1.36 bits per heavy atom. The zero-order valence-electron chi connectivity index (χ0n) is 8.51. The maximum absolute atomic E-state index is 4.44. The quantitative estimate of drug-likeness (QED) is 0.596. The zero-order valence-corrected chi connectivity index (χ0v) is 8.51. The molecule has 1 saturated heterocycles. The molecule has 4 nitrogen and oxygen atoms in total. The monoisotopic (exact) mass is 190 g/mol. The first-order valence-corrected chi connectivity index (χ1v) is 4.94. The molecule has 1 aromatic heterocycles. The Balaban J connectivity index is 2.10. The van der Waals surface area contributed by atoms with Crippen LogP contribution in [-0.2, 0) is 0 Å². The normalized spacial score (nSPS) is 25.4. The molecule has 1 atom stereocenters. The number of pyridine rings is 1. The third kappa shape index (κ3) is 0.838. The number of aromatic nitrogens is 1. The summed E-state index contributed by atoms with van der Waals surface area (Å²) in [5, 5.41) is 0. The Morgan fingerprint density at radius 3 is 3.07 bits per heavy atom. The average molecular weight is 190 g/mol. The SMILES string of the molecule is CN1CCN2c3ncccc3N(C)C12. The van der Waals surface area contributed by atoms with Crippen molar-refractivity contribution < 1.29 is 0 Å². The van der Waals surface area contributed by atoms with Crippen molar-refractivity contribution in [2.45, 2.75) is 6.29 Å². The van der Waals surface area contributed by atoms with Gasteiger partial charge >= 0.3 is 0 Å². The summed E-state index contributed by atoms with van der Waals surface area (Å²) < 4.78 is 0. The number of rotatable bonds is 0. The molecule has 4 heteroatoms. The first kappa shape index (κ1) is 8.05. The molecule has 0 radical (unpaired) electrons. The number of anilines is 2. The van der Waals surface area contributed by atoms with Gasteiger partial charge in [-0.1, -0.05) is 0 Å². The molecule has 3 heterocycles. The van der Waals surface area contributed by atoms with E-state index in [2.05, 4.69) is 39.8 Å². The molecule has 0 amide bonds. The lowest BCUT2D eigenvalue weighted by molar-refractivity contribution is 0.316. The molecule has 0 aromatic carbocycles. The van der Waals surface area contributed by atoms with E-state index in [1.54, 1.807) is 0 Å². The lowest BCUT2D eigenvalue weighted by atomic mass is 10.4. The van der Waals surface area contributed by atoms with Gasteiger partial charge in [0.2, 0.25) is 0 Å².